The molecule has 0 radical (unpaired) electrons. The second-order valence-electron chi connectivity index (χ2n) is 6.69. The molecule has 27 heavy (non-hydrogen) atoms. The molecule has 1 amide bonds. The molecular weight excluding hydrogens is 369 g/mol. The van der Waals surface area contributed by atoms with Gasteiger partial charge in [-0.05, 0) is 43.5 Å². The van der Waals surface area contributed by atoms with Crippen molar-refractivity contribution >= 4 is 23.5 Å². The van der Waals surface area contributed by atoms with Gasteiger partial charge >= 0.3 is 5.97 Å². The number of benzene rings is 2. The van der Waals surface area contributed by atoms with Crippen LogP contribution in [0.15, 0.2) is 42.5 Å². The van der Waals surface area contributed by atoms with Gasteiger partial charge in [0, 0.05) is 24.2 Å². The molecular formula is C21H21ClFNO3. The van der Waals surface area contributed by atoms with E-state index < -0.39 is 5.82 Å². The number of amides is 1. The Bertz CT molecular complexity index is 827. The van der Waals surface area contributed by atoms with Crippen LogP contribution in [0.25, 0.3) is 0 Å². The van der Waals surface area contributed by atoms with E-state index in [4.69, 9.17) is 16.3 Å². The lowest BCUT2D eigenvalue weighted by atomic mass is 9.96. The maximum atomic E-state index is 13.8. The summed E-state index contributed by atoms with van der Waals surface area (Å²) >= 11 is 5.95. The Morgan fingerprint density at radius 1 is 1.15 bits per heavy atom. The van der Waals surface area contributed by atoms with Gasteiger partial charge in [0.1, 0.15) is 12.4 Å². The first-order valence-electron chi connectivity index (χ1n) is 8.92. The van der Waals surface area contributed by atoms with E-state index in [1.165, 1.54) is 12.1 Å². The van der Waals surface area contributed by atoms with Gasteiger partial charge in [-0.25, -0.2) is 4.39 Å². The van der Waals surface area contributed by atoms with Gasteiger partial charge in [-0.15, -0.1) is 0 Å². The van der Waals surface area contributed by atoms with E-state index in [9.17, 15) is 14.0 Å². The summed E-state index contributed by atoms with van der Waals surface area (Å²) in [7, 11) is 0. The summed E-state index contributed by atoms with van der Waals surface area (Å²) in [6.45, 7) is 2.71. The zero-order chi connectivity index (χ0) is 19.4. The highest BCUT2D eigenvalue weighted by Crippen LogP contribution is 2.24. The standard InChI is InChI=1S/C21H21ClFNO3/c1-14-5-2-3-6-16(14)20(25)24-11-9-15(10-12-24)21(26)27-13-17-18(22)7-4-8-19(17)23/h2-8,15H,9-13H2,1H3. The first kappa shape index (κ1) is 19.4. The topological polar surface area (TPSA) is 46.6 Å². The van der Waals surface area contributed by atoms with Crippen LogP contribution >= 0.6 is 11.6 Å². The monoisotopic (exact) mass is 389 g/mol. The summed E-state index contributed by atoms with van der Waals surface area (Å²) < 4.78 is 19.0. The third-order valence-electron chi connectivity index (χ3n) is 4.91. The Morgan fingerprint density at radius 3 is 2.52 bits per heavy atom. The fourth-order valence-electron chi connectivity index (χ4n) is 3.23. The summed E-state index contributed by atoms with van der Waals surface area (Å²) in [6.07, 6.45) is 1.06. The third-order valence-corrected chi connectivity index (χ3v) is 5.27. The van der Waals surface area contributed by atoms with E-state index in [2.05, 4.69) is 0 Å². The molecule has 1 aliphatic rings. The van der Waals surface area contributed by atoms with Crippen LogP contribution in [0.4, 0.5) is 4.39 Å². The number of halogens is 2. The van der Waals surface area contributed by atoms with Gasteiger partial charge in [0.05, 0.1) is 10.9 Å². The zero-order valence-electron chi connectivity index (χ0n) is 15.1. The Kier molecular flexibility index (Phi) is 6.11. The number of hydrogen-bond donors (Lipinski definition) is 0. The van der Waals surface area contributed by atoms with Crippen LogP contribution in [0.5, 0.6) is 0 Å². The van der Waals surface area contributed by atoms with Gasteiger partial charge in [0.25, 0.3) is 5.91 Å². The molecule has 2 aromatic rings. The molecule has 0 bridgehead atoms. The van der Waals surface area contributed by atoms with E-state index in [0.29, 0.717) is 31.5 Å². The van der Waals surface area contributed by atoms with Crippen LogP contribution < -0.4 is 0 Å². The average Bonchev–Trinajstić information content (AvgIpc) is 2.67. The highest BCUT2D eigenvalue weighted by molar-refractivity contribution is 6.31. The number of aryl methyl sites for hydroxylation is 1. The predicted octanol–water partition coefficient (Wildman–Crippen LogP) is 4.38. The van der Waals surface area contributed by atoms with Gasteiger partial charge < -0.3 is 9.64 Å². The maximum Gasteiger partial charge on any atom is 0.309 e. The fraction of sp³-hybridized carbons (Fsp3) is 0.333. The molecule has 1 saturated heterocycles. The molecule has 2 aromatic carbocycles. The lowest BCUT2D eigenvalue weighted by Gasteiger charge is -2.31. The summed E-state index contributed by atoms with van der Waals surface area (Å²) in [4.78, 5) is 26.7. The largest absolute Gasteiger partial charge is 0.460 e. The van der Waals surface area contributed by atoms with Crippen molar-refractivity contribution in [3.8, 4) is 0 Å². The molecule has 4 nitrogen and oxygen atoms in total. The molecule has 0 aromatic heterocycles. The van der Waals surface area contributed by atoms with Crippen molar-refractivity contribution in [3.05, 3.63) is 70.0 Å². The van der Waals surface area contributed by atoms with Gasteiger partial charge in [-0.1, -0.05) is 35.9 Å². The van der Waals surface area contributed by atoms with E-state index in [1.54, 1.807) is 11.0 Å². The van der Waals surface area contributed by atoms with Crippen molar-refractivity contribution in [2.45, 2.75) is 26.4 Å². The summed E-state index contributed by atoms with van der Waals surface area (Å²) in [6, 6.07) is 11.8. The Balaban J connectivity index is 1.54. The van der Waals surface area contributed by atoms with Gasteiger partial charge in [0.2, 0.25) is 0 Å². The zero-order valence-corrected chi connectivity index (χ0v) is 15.8. The highest BCUT2D eigenvalue weighted by Gasteiger charge is 2.29. The Morgan fingerprint density at radius 2 is 1.85 bits per heavy atom. The fourth-order valence-corrected chi connectivity index (χ4v) is 3.45. The molecule has 1 aliphatic heterocycles. The predicted molar refractivity (Wildman–Crippen MR) is 101 cm³/mol. The molecule has 1 heterocycles. The van der Waals surface area contributed by atoms with E-state index in [1.807, 2.05) is 31.2 Å². The van der Waals surface area contributed by atoms with Crippen molar-refractivity contribution in [3.63, 3.8) is 0 Å². The number of piperidine rings is 1. The van der Waals surface area contributed by atoms with Crippen molar-refractivity contribution in [1.29, 1.82) is 0 Å². The normalized spacial score (nSPS) is 14.9. The summed E-state index contributed by atoms with van der Waals surface area (Å²) in [5.74, 6) is -1.18. The molecule has 0 atom stereocenters. The quantitative estimate of drug-likeness (QED) is 0.729. The van der Waals surface area contributed by atoms with Gasteiger partial charge in [0.15, 0.2) is 0 Å². The van der Waals surface area contributed by atoms with Crippen LogP contribution in [0.2, 0.25) is 5.02 Å². The van der Waals surface area contributed by atoms with Crippen LogP contribution in [-0.4, -0.2) is 29.9 Å². The number of hydrogen-bond acceptors (Lipinski definition) is 3. The number of rotatable bonds is 4. The lowest BCUT2D eigenvalue weighted by molar-refractivity contribution is -0.151. The molecule has 6 heteroatoms. The minimum atomic E-state index is -0.492. The number of ether oxygens (including phenoxy) is 1. The van der Waals surface area contributed by atoms with Crippen LogP contribution in [-0.2, 0) is 16.1 Å². The number of nitrogens with zero attached hydrogens (tertiary/aromatic N) is 1. The van der Waals surface area contributed by atoms with E-state index in [-0.39, 0.29) is 35.0 Å². The van der Waals surface area contributed by atoms with Crippen molar-refractivity contribution in [1.82, 2.24) is 4.90 Å². The number of carbonyl (C=O) groups excluding carboxylic acids is 2. The van der Waals surface area contributed by atoms with Crippen molar-refractivity contribution in [2.24, 2.45) is 5.92 Å². The Hall–Kier alpha value is -2.40. The maximum absolute atomic E-state index is 13.8. The SMILES string of the molecule is Cc1ccccc1C(=O)N1CCC(C(=O)OCc2c(F)cccc2Cl)CC1. The molecule has 0 aliphatic carbocycles. The van der Waals surface area contributed by atoms with E-state index >= 15 is 0 Å². The molecule has 1 fully saturated rings. The minimum absolute atomic E-state index is 0.0157. The van der Waals surface area contributed by atoms with Crippen molar-refractivity contribution < 1.29 is 18.7 Å². The second-order valence-corrected chi connectivity index (χ2v) is 7.10. The van der Waals surface area contributed by atoms with Crippen LogP contribution in [0, 0.1) is 18.7 Å². The summed E-state index contributed by atoms with van der Waals surface area (Å²) in [5.41, 5.74) is 1.80. The van der Waals surface area contributed by atoms with Crippen LogP contribution in [0.3, 0.4) is 0 Å². The number of carbonyl (C=O) groups is 2. The second kappa shape index (κ2) is 8.53. The van der Waals surface area contributed by atoms with Gasteiger partial charge in [-0.3, -0.25) is 9.59 Å². The minimum Gasteiger partial charge on any atom is -0.460 e. The van der Waals surface area contributed by atoms with Gasteiger partial charge in [-0.2, -0.15) is 0 Å². The first-order valence-corrected chi connectivity index (χ1v) is 9.29. The third kappa shape index (κ3) is 4.48. The Labute approximate surface area is 162 Å². The lowest BCUT2D eigenvalue weighted by Crippen LogP contribution is -2.40. The first-order chi connectivity index (χ1) is 13.0. The van der Waals surface area contributed by atoms with Crippen molar-refractivity contribution in [2.75, 3.05) is 13.1 Å². The number of esters is 1. The summed E-state index contributed by atoms with van der Waals surface area (Å²) in [5, 5.41) is 0.237. The number of likely N-dealkylation sites (tertiary alicyclic amines) is 1. The molecule has 142 valence electrons. The van der Waals surface area contributed by atoms with E-state index in [0.717, 1.165) is 5.56 Å². The van der Waals surface area contributed by atoms with Crippen LogP contribution in [0.1, 0.15) is 34.3 Å². The average molecular weight is 390 g/mol. The molecule has 0 unspecified atom stereocenters. The highest BCUT2D eigenvalue weighted by atomic mass is 35.5. The molecule has 3 rings (SSSR count). The molecule has 0 N–H and O–H groups in total. The smallest absolute Gasteiger partial charge is 0.309 e. The molecule has 0 spiro atoms. The molecule has 0 saturated carbocycles.